The minimum atomic E-state index is 0.339. The number of aliphatic hydroxyl groups excluding tert-OH is 1. The van der Waals surface area contributed by atoms with Gasteiger partial charge in [-0.2, -0.15) is 0 Å². The van der Waals surface area contributed by atoms with E-state index in [0.29, 0.717) is 12.6 Å². The number of rotatable bonds is 3. The van der Waals surface area contributed by atoms with Crippen molar-refractivity contribution < 1.29 is 5.11 Å². The van der Waals surface area contributed by atoms with Crippen molar-refractivity contribution in [1.82, 2.24) is 4.90 Å². The highest BCUT2D eigenvalue weighted by Gasteiger charge is 2.41. The Labute approximate surface area is 56.5 Å². The van der Waals surface area contributed by atoms with Crippen molar-refractivity contribution >= 4 is 0 Å². The minimum absolute atomic E-state index is 0.339. The molecule has 1 aliphatic heterocycles. The molecule has 0 aliphatic carbocycles. The van der Waals surface area contributed by atoms with Crippen LogP contribution in [0.1, 0.15) is 19.8 Å². The van der Waals surface area contributed by atoms with Crippen molar-refractivity contribution in [1.29, 1.82) is 0 Å². The van der Waals surface area contributed by atoms with E-state index in [1.165, 1.54) is 6.42 Å². The van der Waals surface area contributed by atoms with Crippen LogP contribution in [-0.4, -0.2) is 35.7 Å². The van der Waals surface area contributed by atoms with Crippen LogP contribution in [-0.2, 0) is 0 Å². The van der Waals surface area contributed by atoms with Crippen LogP contribution in [0.15, 0.2) is 0 Å². The molecule has 0 aromatic heterocycles. The summed E-state index contributed by atoms with van der Waals surface area (Å²) in [4.78, 5) is 2.32. The van der Waals surface area contributed by atoms with E-state index in [0.717, 1.165) is 12.5 Å². The summed E-state index contributed by atoms with van der Waals surface area (Å²) in [6.07, 6.45) is 2.18. The maximum Gasteiger partial charge on any atom is 0.0446 e. The summed E-state index contributed by atoms with van der Waals surface area (Å²) in [6.45, 7) is 2.53. The maximum absolute atomic E-state index is 8.58. The molecule has 1 saturated heterocycles. The van der Waals surface area contributed by atoms with Gasteiger partial charge in [0, 0.05) is 18.7 Å². The van der Waals surface area contributed by atoms with Crippen molar-refractivity contribution in [2.24, 2.45) is 0 Å². The Bertz CT molecular complexity index is 94.9. The molecule has 1 rings (SSSR count). The molecule has 9 heavy (non-hydrogen) atoms. The average molecular weight is 129 g/mol. The fourth-order valence-corrected chi connectivity index (χ4v) is 1.56. The molecule has 3 atom stereocenters. The first-order valence-electron chi connectivity index (χ1n) is 3.64. The van der Waals surface area contributed by atoms with E-state index in [4.69, 9.17) is 5.11 Å². The summed E-state index contributed by atoms with van der Waals surface area (Å²) in [5.41, 5.74) is 0. The lowest BCUT2D eigenvalue weighted by Crippen LogP contribution is -1.96. The summed E-state index contributed by atoms with van der Waals surface area (Å²) in [5, 5.41) is 8.58. The van der Waals surface area contributed by atoms with Gasteiger partial charge in [0.25, 0.3) is 0 Å². The van der Waals surface area contributed by atoms with Gasteiger partial charge in [0.2, 0.25) is 0 Å². The molecule has 0 aromatic carbocycles. The Morgan fingerprint density at radius 1 is 1.44 bits per heavy atom. The summed E-state index contributed by atoms with van der Waals surface area (Å²) >= 11 is 0. The number of aliphatic hydroxyl groups is 1. The van der Waals surface area contributed by atoms with E-state index in [2.05, 4.69) is 18.9 Å². The second-order valence-electron chi connectivity index (χ2n) is 2.72. The van der Waals surface area contributed by atoms with Crippen LogP contribution in [0.4, 0.5) is 0 Å². The SMILES string of the molecule is CCC1C(CCO)N1C. The molecular formula is C7H15NO. The molecule has 0 radical (unpaired) electrons. The fraction of sp³-hybridized carbons (Fsp3) is 1.00. The Hall–Kier alpha value is -0.0800. The second kappa shape index (κ2) is 2.67. The lowest BCUT2D eigenvalue weighted by Gasteiger charge is -1.88. The predicted molar refractivity (Wildman–Crippen MR) is 37.3 cm³/mol. The monoisotopic (exact) mass is 129 g/mol. The lowest BCUT2D eigenvalue weighted by atomic mass is 10.2. The van der Waals surface area contributed by atoms with Gasteiger partial charge in [-0.05, 0) is 19.9 Å². The number of hydrogen-bond acceptors (Lipinski definition) is 2. The first kappa shape index (κ1) is 7.03. The van der Waals surface area contributed by atoms with Gasteiger partial charge in [0.15, 0.2) is 0 Å². The van der Waals surface area contributed by atoms with E-state index in [1.54, 1.807) is 0 Å². The molecule has 1 N–H and O–H groups in total. The Kier molecular flexibility index (Phi) is 2.09. The Morgan fingerprint density at radius 3 is 2.44 bits per heavy atom. The van der Waals surface area contributed by atoms with Gasteiger partial charge in [-0.25, -0.2) is 0 Å². The molecular weight excluding hydrogens is 114 g/mol. The third-order valence-corrected chi connectivity index (χ3v) is 2.24. The summed E-state index contributed by atoms with van der Waals surface area (Å²) in [6, 6.07) is 1.44. The highest BCUT2D eigenvalue weighted by atomic mass is 16.3. The van der Waals surface area contributed by atoms with Gasteiger partial charge < -0.3 is 5.11 Å². The molecule has 1 heterocycles. The van der Waals surface area contributed by atoms with Crippen LogP contribution in [0, 0.1) is 0 Å². The van der Waals surface area contributed by atoms with E-state index < -0.39 is 0 Å². The number of nitrogens with zero attached hydrogens (tertiary/aromatic N) is 1. The molecule has 1 aliphatic rings. The van der Waals surface area contributed by atoms with Crippen LogP contribution in [0.25, 0.3) is 0 Å². The summed E-state index contributed by atoms with van der Waals surface area (Å²) in [5.74, 6) is 0. The Morgan fingerprint density at radius 2 is 2.11 bits per heavy atom. The van der Waals surface area contributed by atoms with Crippen LogP contribution in [0.3, 0.4) is 0 Å². The first-order chi connectivity index (χ1) is 4.31. The molecule has 0 aromatic rings. The van der Waals surface area contributed by atoms with E-state index in [1.807, 2.05) is 0 Å². The van der Waals surface area contributed by atoms with Gasteiger partial charge in [0.05, 0.1) is 0 Å². The van der Waals surface area contributed by atoms with E-state index in [9.17, 15) is 0 Å². The second-order valence-corrected chi connectivity index (χ2v) is 2.72. The van der Waals surface area contributed by atoms with Crippen molar-refractivity contribution in [2.75, 3.05) is 13.7 Å². The first-order valence-corrected chi connectivity index (χ1v) is 3.64. The maximum atomic E-state index is 8.58. The molecule has 0 spiro atoms. The Balaban J connectivity index is 2.17. The summed E-state index contributed by atoms with van der Waals surface area (Å²) in [7, 11) is 2.12. The van der Waals surface area contributed by atoms with Crippen molar-refractivity contribution in [3.8, 4) is 0 Å². The zero-order chi connectivity index (χ0) is 6.85. The number of likely N-dealkylation sites (N-methyl/N-ethyl adjacent to an activating group) is 1. The van der Waals surface area contributed by atoms with Crippen molar-refractivity contribution in [2.45, 2.75) is 31.8 Å². The van der Waals surface area contributed by atoms with E-state index >= 15 is 0 Å². The molecule has 54 valence electrons. The predicted octanol–water partition coefficient (Wildman–Crippen LogP) is 0.461. The molecule has 2 heteroatoms. The van der Waals surface area contributed by atoms with Gasteiger partial charge in [-0.3, -0.25) is 4.90 Å². The van der Waals surface area contributed by atoms with Crippen LogP contribution < -0.4 is 0 Å². The molecule has 0 bridgehead atoms. The van der Waals surface area contributed by atoms with Crippen LogP contribution in [0.2, 0.25) is 0 Å². The highest BCUT2D eigenvalue weighted by Crippen LogP contribution is 2.30. The summed E-state index contributed by atoms with van der Waals surface area (Å²) < 4.78 is 0. The molecule has 0 amide bonds. The van der Waals surface area contributed by atoms with Gasteiger partial charge in [-0.1, -0.05) is 6.92 Å². The molecule has 2 nitrogen and oxygen atoms in total. The standard InChI is InChI=1S/C7H15NO/c1-3-6-7(4-5-9)8(6)2/h6-7,9H,3-5H2,1-2H3. The van der Waals surface area contributed by atoms with Gasteiger partial charge >= 0.3 is 0 Å². The molecule has 0 saturated carbocycles. The van der Waals surface area contributed by atoms with E-state index in [-0.39, 0.29) is 0 Å². The third-order valence-electron chi connectivity index (χ3n) is 2.24. The topological polar surface area (TPSA) is 23.2 Å². The zero-order valence-corrected chi connectivity index (χ0v) is 6.17. The quantitative estimate of drug-likeness (QED) is 0.560. The highest BCUT2D eigenvalue weighted by molar-refractivity contribution is 4.98. The number of hydrogen-bond donors (Lipinski definition) is 1. The lowest BCUT2D eigenvalue weighted by molar-refractivity contribution is 0.281. The largest absolute Gasteiger partial charge is 0.396 e. The minimum Gasteiger partial charge on any atom is -0.396 e. The molecule has 1 fully saturated rings. The van der Waals surface area contributed by atoms with Crippen molar-refractivity contribution in [3.63, 3.8) is 0 Å². The smallest absolute Gasteiger partial charge is 0.0446 e. The van der Waals surface area contributed by atoms with Crippen LogP contribution >= 0.6 is 0 Å². The third kappa shape index (κ3) is 1.25. The fourth-order valence-electron chi connectivity index (χ4n) is 1.56. The average Bonchev–Trinajstić information content (AvgIpc) is 2.44. The van der Waals surface area contributed by atoms with Crippen molar-refractivity contribution in [3.05, 3.63) is 0 Å². The molecule has 3 unspecified atom stereocenters. The van der Waals surface area contributed by atoms with Gasteiger partial charge in [-0.15, -0.1) is 0 Å². The van der Waals surface area contributed by atoms with Crippen LogP contribution in [0.5, 0.6) is 0 Å². The van der Waals surface area contributed by atoms with Gasteiger partial charge in [0.1, 0.15) is 0 Å². The zero-order valence-electron chi connectivity index (χ0n) is 6.17. The normalized spacial score (nSPS) is 41.0.